The van der Waals surface area contributed by atoms with Gasteiger partial charge in [0.2, 0.25) is 0 Å². The molecule has 3 nitrogen and oxygen atoms in total. The fraction of sp³-hybridized carbons (Fsp3) is 0.235. The molecule has 2 aromatic rings. The third kappa shape index (κ3) is 3.21. The van der Waals surface area contributed by atoms with E-state index in [0.717, 1.165) is 18.4 Å². The second-order valence-corrected chi connectivity index (χ2v) is 5.41. The van der Waals surface area contributed by atoms with Gasteiger partial charge < -0.3 is 10.6 Å². The Morgan fingerprint density at radius 3 is 2.29 bits per heavy atom. The molecule has 4 heteroatoms. The van der Waals surface area contributed by atoms with Crippen LogP contribution in [0.2, 0.25) is 0 Å². The highest BCUT2D eigenvalue weighted by molar-refractivity contribution is 5.94. The molecule has 108 valence electrons. The van der Waals surface area contributed by atoms with E-state index in [-0.39, 0.29) is 11.7 Å². The molecule has 0 atom stereocenters. The maximum atomic E-state index is 13.0. The zero-order valence-corrected chi connectivity index (χ0v) is 11.6. The fourth-order valence-corrected chi connectivity index (χ4v) is 2.33. The van der Waals surface area contributed by atoms with Gasteiger partial charge in [0.1, 0.15) is 5.82 Å². The van der Waals surface area contributed by atoms with E-state index in [9.17, 15) is 9.18 Å². The average molecular weight is 284 g/mol. The first-order valence-electron chi connectivity index (χ1n) is 7.04. The second-order valence-electron chi connectivity index (χ2n) is 5.41. The number of rotatable bonds is 4. The maximum absolute atomic E-state index is 13.0. The highest BCUT2D eigenvalue weighted by atomic mass is 19.1. The van der Waals surface area contributed by atoms with Crippen LogP contribution >= 0.6 is 0 Å². The largest absolute Gasteiger partial charge is 0.399 e. The lowest BCUT2D eigenvalue weighted by molar-refractivity contribution is 0.0730. The molecular weight excluding hydrogens is 267 g/mol. The third-order valence-corrected chi connectivity index (χ3v) is 3.67. The Morgan fingerprint density at radius 2 is 1.71 bits per heavy atom. The quantitative estimate of drug-likeness (QED) is 0.876. The smallest absolute Gasteiger partial charge is 0.254 e. The predicted octanol–water partition coefficient (Wildman–Crippen LogP) is 3.21. The van der Waals surface area contributed by atoms with Gasteiger partial charge in [-0.15, -0.1) is 0 Å². The molecule has 3 rings (SSSR count). The topological polar surface area (TPSA) is 46.3 Å². The van der Waals surface area contributed by atoms with Crippen LogP contribution in [0.25, 0.3) is 0 Å². The van der Waals surface area contributed by atoms with E-state index in [0.29, 0.717) is 23.8 Å². The van der Waals surface area contributed by atoms with Crippen molar-refractivity contribution in [3.05, 3.63) is 65.5 Å². The van der Waals surface area contributed by atoms with Gasteiger partial charge >= 0.3 is 0 Å². The molecule has 0 spiro atoms. The summed E-state index contributed by atoms with van der Waals surface area (Å²) in [6, 6.07) is 13.5. The highest BCUT2D eigenvalue weighted by Crippen LogP contribution is 2.30. The van der Waals surface area contributed by atoms with Crippen molar-refractivity contribution in [2.45, 2.75) is 25.4 Å². The van der Waals surface area contributed by atoms with Gasteiger partial charge in [-0.25, -0.2) is 4.39 Å². The van der Waals surface area contributed by atoms with Gasteiger partial charge in [-0.05, 0) is 54.8 Å². The molecule has 1 saturated carbocycles. The summed E-state index contributed by atoms with van der Waals surface area (Å²) in [5.41, 5.74) is 7.87. The molecule has 0 aromatic heterocycles. The molecule has 0 bridgehead atoms. The number of nitrogen functional groups attached to an aromatic ring is 1. The molecule has 1 amide bonds. The van der Waals surface area contributed by atoms with Crippen molar-refractivity contribution in [3.8, 4) is 0 Å². The molecule has 1 fully saturated rings. The minimum Gasteiger partial charge on any atom is -0.399 e. The monoisotopic (exact) mass is 284 g/mol. The summed E-state index contributed by atoms with van der Waals surface area (Å²) < 4.78 is 13.0. The molecule has 2 N–H and O–H groups in total. The minimum atomic E-state index is -0.262. The number of carbonyl (C=O) groups is 1. The first-order chi connectivity index (χ1) is 10.1. The molecule has 0 radical (unpaired) electrons. The summed E-state index contributed by atoms with van der Waals surface area (Å²) in [6.07, 6.45) is 2.06. The maximum Gasteiger partial charge on any atom is 0.254 e. The van der Waals surface area contributed by atoms with E-state index >= 15 is 0 Å². The number of nitrogens with two attached hydrogens (primary N) is 1. The van der Waals surface area contributed by atoms with Crippen LogP contribution in [0.5, 0.6) is 0 Å². The van der Waals surface area contributed by atoms with Crippen LogP contribution in [0, 0.1) is 5.82 Å². The highest BCUT2D eigenvalue weighted by Gasteiger charge is 2.33. The van der Waals surface area contributed by atoms with Crippen LogP contribution in [-0.4, -0.2) is 16.8 Å². The normalized spacial score (nSPS) is 14.0. The Labute approximate surface area is 123 Å². The van der Waals surface area contributed by atoms with E-state index in [4.69, 9.17) is 5.73 Å². The van der Waals surface area contributed by atoms with Crippen LogP contribution < -0.4 is 5.73 Å². The summed E-state index contributed by atoms with van der Waals surface area (Å²) in [5, 5.41) is 0. The summed E-state index contributed by atoms with van der Waals surface area (Å²) in [7, 11) is 0. The third-order valence-electron chi connectivity index (χ3n) is 3.67. The van der Waals surface area contributed by atoms with E-state index in [1.54, 1.807) is 36.4 Å². The van der Waals surface area contributed by atoms with Crippen LogP contribution in [-0.2, 0) is 6.54 Å². The first kappa shape index (κ1) is 13.6. The zero-order valence-electron chi connectivity index (χ0n) is 11.6. The summed E-state index contributed by atoms with van der Waals surface area (Å²) in [5.74, 6) is -0.261. The van der Waals surface area contributed by atoms with Crippen molar-refractivity contribution in [1.29, 1.82) is 0 Å². The second kappa shape index (κ2) is 5.56. The van der Waals surface area contributed by atoms with E-state index in [1.807, 2.05) is 4.90 Å². The number of anilines is 1. The Bertz CT molecular complexity index is 633. The zero-order chi connectivity index (χ0) is 14.8. The van der Waals surface area contributed by atoms with Gasteiger partial charge in [-0.2, -0.15) is 0 Å². The molecule has 1 aliphatic rings. The average Bonchev–Trinajstić information content (AvgIpc) is 3.31. The fourth-order valence-electron chi connectivity index (χ4n) is 2.33. The number of hydrogen-bond donors (Lipinski definition) is 1. The Kier molecular flexibility index (Phi) is 3.60. The van der Waals surface area contributed by atoms with Gasteiger partial charge in [0.15, 0.2) is 0 Å². The molecule has 1 aliphatic carbocycles. The number of hydrogen-bond acceptors (Lipinski definition) is 2. The SMILES string of the molecule is Nc1ccc(C(=O)N(Cc2ccc(F)cc2)C2CC2)cc1. The molecule has 2 aromatic carbocycles. The number of amides is 1. The lowest BCUT2D eigenvalue weighted by atomic mass is 10.1. The Balaban J connectivity index is 1.79. The van der Waals surface area contributed by atoms with Crippen molar-refractivity contribution in [2.75, 3.05) is 5.73 Å². The van der Waals surface area contributed by atoms with Crippen LogP contribution in [0.3, 0.4) is 0 Å². The molecule has 0 saturated heterocycles. The summed E-state index contributed by atoms with van der Waals surface area (Å²) >= 11 is 0. The van der Waals surface area contributed by atoms with E-state index in [2.05, 4.69) is 0 Å². The molecule has 0 aliphatic heterocycles. The van der Waals surface area contributed by atoms with Crippen molar-refractivity contribution in [3.63, 3.8) is 0 Å². The van der Waals surface area contributed by atoms with Crippen LogP contribution in [0.4, 0.5) is 10.1 Å². The Hall–Kier alpha value is -2.36. The standard InChI is InChI=1S/C17H17FN2O/c18-14-5-1-12(2-6-14)11-20(16-9-10-16)17(21)13-3-7-15(19)8-4-13/h1-8,16H,9-11,19H2. The lowest BCUT2D eigenvalue weighted by Crippen LogP contribution is -2.32. The van der Waals surface area contributed by atoms with Gasteiger partial charge in [-0.3, -0.25) is 4.79 Å². The number of carbonyl (C=O) groups excluding carboxylic acids is 1. The van der Waals surface area contributed by atoms with Crippen molar-refractivity contribution >= 4 is 11.6 Å². The van der Waals surface area contributed by atoms with Crippen LogP contribution in [0.15, 0.2) is 48.5 Å². The van der Waals surface area contributed by atoms with Crippen molar-refractivity contribution < 1.29 is 9.18 Å². The van der Waals surface area contributed by atoms with E-state index in [1.165, 1.54) is 12.1 Å². The van der Waals surface area contributed by atoms with Gasteiger partial charge in [0.25, 0.3) is 5.91 Å². The Morgan fingerprint density at radius 1 is 1.10 bits per heavy atom. The number of nitrogens with zero attached hydrogens (tertiary/aromatic N) is 1. The van der Waals surface area contributed by atoms with Crippen LogP contribution in [0.1, 0.15) is 28.8 Å². The first-order valence-corrected chi connectivity index (χ1v) is 7.04. The van der Waals surface area contributed by atoms with E-state index < -0.39 is 0 Å². The number of halogens is 1. The van der Waals surface area contributed by atoms with Gasteiger partial charge in [-0.1, -0.05) is 12.1 Å². The molecule has 0 heterocycles. The van der Waals surface area contributed by atoms with Gasteiger partial charge in [0.05, 0.1) is 0 Å². The molecular formula is C17H17FN2O. The molecule has 21 heavy (non-hydrogen) atoms. The minimum absolute atomic E-state index is 0.00169. The van der Waals surface area contributed by atoms with Crippen molar-refractivity contribution in [1.82, 2.24) is 4.90 Å². The molecule has 0 unspecified atom stereocenters. The van der Waals surface area contributed by atoms with Gasteiger partial charge in [0, 0.05) is 23.8 Å². The summed E-state index contributed by atoms with van der Waals surface area (Å²) in [6.45, 7) is 0.508. The lowest BCUT2D eigenvalue weighted by Gasteiger charge is -2.22. The predicted molar refractivity (Wildman–Crippen MR) is 80.1 cm³/mol. The van der Waals surface area contributed by atoms with Crippen molar-refractivity contribution in [2.24, 2.45) is 0 Å². The number of benzene rings is 2. The summed E-state index contributed by atoms with van der Waals surface area (Å²) in [4.78, 5) is 14.5.